The minimum absolute atomic E-state index is 0.114. The number of nitrogens with two attached hydrogens (primary N) is 1. The van der Waals surface area contributed by atoms with Gasteiger partial charge in [0.1, 0.15) is 11.5 Å². The summed E-state index contributed by atoms with van der Waals surface area (Å²) in [5.41, 5.74) is 2.86. The van der Waals surface area contributed by atoms with E-state index in [1.165, 1.54) is 19.3 Å². The van der Waals surface area contributed by atoms with Crippen LogP contribution in [0.4, 0.5) is 5.82 Å². The first-order chi connectivity index (χ1) is 9.22. The predicted octanol–water partition coefficient (Wildman–Crippen LogP) is 2.07. The van der Waals surface area contributed by atoms with Crippen LogP contribution in [0.2, 0.25) is 0 Å². The predicted molar refractivity (Wildman–Crippen MR) is 75.6 cm³/mol. The Bertz CT molecular complexity index is 427. The number of rotatable bonds is 4. The normalized spacial score (nSPS) is 22.8. The van der Waals surface area contributed by atoms with Gasteiger partial charge in [0.2, 0.25) is 0 Å². The molecule has 2 rings (SSSR count). The number of hydrogen-bond acceptors (Lipinski definition) is 4. The van der Waals surface area contributed by atoms with Gasteiger partial charge in [0.25, 0.3) is 5.91 Å². The van der Waals surface area contributed by atoms with Gasteiger partial charge in [-0.05, 0) is 43.7 Å². The smallest absolute Gasteiger partial charge is 0.270 e. The molecule has 0 unspecified atom stereocenters. The molecule has 104 valence electrons. The number of pyridine rings is 1. The summed E-state index contributed by atoms with van der Waals surface area (Å²) in [5, 5.41) is 3.06. The van der Waals surface area contributed by atoms with Gasteiger partial charge in [-0.1, -0.05) is 19.4 Å². The molecule has 0 bridgehead atoms. The quantitative estimate of drug-likeness (QED) is 0.573. The minimum Gasteiger partial charge on any atom is -0.348 e. The number of carbonyl (C=O) groups excluding carboxylic acids is 1. The lowest BCUT2D eigenvalue weighted by molar-refractivity contribution is 0.0916. The number of hydrazine groups is 1. The highest BCUT2D eigenvalue weighted by molar-refractivity contribution is 5.92. The van der Waals surface area contributed by atoms with Crippen molar-refractivity contribution in [2.45, 2.75) is 45.1 Å². The molecule has 1 heterocycles. The molecule has 0 saturated heterocycles. The molecule has 5 nitrogen and oxygen atoms in total. The molecule has 1 aromatic heterocycles. The van der Waals surface area contributed by atoms with E-state index in [2.05, 4.69) is 22.7 Å². The number of amides is 1. The van der Waals surface area contributed by atoms with Crippen LogP contribution >= 0.6 is 0 Å². The van der Waals surface area contributed by atoms with Crippen molar-refractivity contribution in [2.24, 2.45) is 11.8 Å². The Kier molecular flexibility index (Phi) is 4.74. The molecule has 1 amide bonds. The monoisotopic (exact) mass is 262 g/mol. The maximum absolute atomic E-state index is 12.1. The van der Waals surface area contributed by atoms with Gasteiger partial charge >= 0.3 is 0 Å². The van der Waals surface area contributed by atoms with E-state index in [-0.39, 0.29) is 11.9 Å². The summed E-state index contributed by atoms with van der Waals surface area (Å²) in [4.78, 5) is 16.2. The number of nitrogens with one attached hydrogen (secondary N) is 2. The Morgan fingerprint density at radius 3 is 2.74 bits per heavy atom. The fourth-order valence-corrected chi connectivity index (χ4v) is 2.62. The summed E-state index contributed by atoms with van der Waals surface area (Å²) in [6.07, 6.45) is 5.79. The zero-order valence-corrected chi connectivity index (χ0v) is 11.4. The summed E-state index contributed by atoms with van der Waals surface area (Å²) in [7, 11) is 0. The molecule has 1 saturated carbocycles. The zero-order chi connectivity index (χ0) is 13.7. The largest absolute Gasteiger partial charge is 0.348 e. The van der Waals surface area contributed by atoms with Crippen LogP contribution in [0.5, 0.6) is 0 Å². The van der Waals surface area contributed by atoms with Gasteiger partial charge in [-0.2, -0.15) is 0 Å². The number of nitrogens with zero attached hydrogens (tertiary/aromatic N) is 1. The van der Waals surface area contributed by atoms with Gasteiger partial charge in [0.15, 0.2) is 0 Å². The molecule has 1 aliphatic rings. The molecular formula is C14H22N4O. The second-order valence-corrected chi connectivity index (χ2v) is 5.15. The third-order valence-corrected chi connectivity index (χ3v) is 3.89. The lowest BCUT2D eigenvalue weighted by Crippen LogP contribution is -2.38. The molecule has 1 fully saturated rings. The van der Waals surface area contributed by atoms with E-state index in [4.69, 9.17) is 5.84 Å². The number of nitrogen functional groups attached to an aromatic ring is 1. The van der Waals surface area contributed by atoms with Crippen molar-refractivity contribution in [1.82, 2.24) is 10.3 Å². The van der Waals surface area contributed by atoms with Crippen molar-refractivity contribution < 1.29 is 4.79 Å². The second kappa shape index (κ2) is 6.52. The SMILES string of the molecule is CCC1CCC(NC(=O)c2cccc(NN)n2)CC1. The third kappa shape index (κ3) is 3.67. The fraction of sp³-hybridized carbons (Fsp3) is 0.571. The Hall–Kier alpha value is -1.62. The van der Waals surface area contributed by atoms with E-state index in [1.807, 2.05) is 0 Å². The van der Waals surface area contributed by atoms with Crippen molar-refractivity contribution in [3.63, 3.8) is 0 Å². The highest BCUT2D eigenvalue weighted by atomic mass is 16.1. The van der Waals surface area contributed by atoms with Gasteiger partial charge in [-0.25, -0.2) is 10.8 Å². The van der Waals surface area contributed by atoms with E-state index in [9.17, 15) is 4.79 Å². The van der Waals surface area contributed by atoms with Crippen molar-refractivity contribution in [1.29, 1.82) is 0 Å². The van der Waals surface area contributed by atoms with Crippen LogP contribution in [0.15, 0.2) is 18.2 Å². The summed E-state index contributed by atoms with van der Waals surface area (Å²) in [5.74, 6) is 6.51. The molecule has 4 N–H and O–H groups in total. The van der Waals surface area contributed by atoms with Gasteiger partial charge < -0.3 is 10.7 Å². The lowest BCUT2D eigenvalue weighted by atomic mass is 9.84. The second-order valence-electron chi connectivity index (χ2n) is 5.15. The summed E-state index contributed by atoms with van der Waals surface area (Å²) < 4.78 is 0. The number of anilines is 1. The maximum atomic E-state index is 12.1. The maximum Gasteiger partial charge on any atom is 0.270 e. The molecular weight excluding hydrogens is 240 g/mol. The molecule has 1 aromatic rings. The van der Waals surface area contributed by atoms with Gasteiger partial charge in [0.05, 0.1) is 0 Å². The average molecular weight is 262 g/mol. The Labute approximate surface area is 114 Å². The average Bonchev–Trinajstić information content (AvgIpc) is 2.48. The highest BCUT2D eigenvalue weighted by Gasteiger charge is 2.22. The first kappa shape index (κ1) is 13.8. The lowest BCUT2D eigenvalue weighted by Gasteiger charge is -2.28. The molecule has 19 heavy (non-hydrogen) atoms. The molecule has 0 aromatic carbocycles. The van der Waals surface area contributed by atoms with E-state index < -0.39 is 0 Å². The van der Waals surface area contributed by atoms with Gasteiger partial charge in [0, 0.05) is 6.04 Å². The highest BCUT2D eigenvalue weighted by Crippen LogP contribution is 2.26. The number of hydrogen-bond donors (Lipinski definition) is 3. The van der Waals surface area contributed by atoms with Gasteiger partial charge in [-0.3, -0.25) is 4.79 Å². The fourth-order valence-electron chi connectivity index (χ4n) is 2.62. The van der Waals surface area contributed by atoms with Gasteiger partial charge in [-0.15, -0.1) is 0 Å². The van der Waals surface area contributed by atoms with Crippen molar-refractivity contribution in [3.8, 4) is 0 Å². The molecule has 0 spiro atoms. The summed E-state index contributed by atoms with van der Waals surface area (Å²) in [6.45, 7) is 2.23. The Balaban J connectivity index is 1.90. The molecule has 5 heteroatoms. The van der Waals surface area contributed by atoms with Crippen molar-refractivity contribution >= 4 is 11.7 Å². The molecule has 0 aliphatic heterocycles. The van der Waals surface area contributed by atoms with Crippen molar-refractivity contribution in [2.75, 3.05) is 5.43 Å². The Morgan fingerprint density at radius 2 is 2.11 bits per heavy atom. The molecule has 0 radical (unpaired) electrons. The van der Waals surface area contributed by atoms with E-state index in [1.54, 1.807) is 18.2 Å². The third-order valence-electron chi connectivity index (χ3n) is 3.89. The van der Waals surface area contributed by atoms with E-state index in [0.29, 0.717) is 11.5 Å². The molecule has 1 aliphatic carbocycles. The van der Waals surface area contributed by atoms with Crippen molar-refractivity contribution in [3.05, 3.63) is 23.9 Å². The first-order valence-corrected chi connectivity index (χ1v) is 6.97. The van der Waals surface area contributed by atoms with E-state index >= 15 is 0 Å². The number of aromatic nitrogens is 1. The van der Waals surface area contributed by atoms with E-state index in [0.717, 1.165) is 18.8 Å². The zero-order valence-electron chi connectivity index (χ0n) is 11.4. The van der Waals surface area contributed by atoms with Crippen LogP contribution in [0, 0.1) is 5.92 Å². The Morgan fingerprint density at radius 1 is 1.37 bits per heavy atom. The topological polar surface area (TPSA) is 80.0 Å². The minimum atomic E-state index is -0.114. The number of carbonyl (C=O) groups is 1. The first-order valence-electron chi connectivity index (χ1n) is 6.97. The van der Waals surface area contributed by atoms with Crippen LogP contribution in [0.1, 0.15) is 49.5 Å². The molecule has 0 atom stereocenters. The van der Waals surface area contributed by atoms with Crippen LogP contribution < -0.4 is 16.6 Å². The summed E-state index contributed by atoms with van der Waals surface area (Å²) in [6, 6.07) is 5.48. The standard InChI is InChI=1S/C14H22N4O/c1-2-10-6-8-11(9-7-10)16-14(19)12-4-3-5-13(17-12)18-15/h3-5,10-11H,2,6-9,15H2,1H3,(H,16,19)(H,17,18). The van der Waals surface area contributed by atoms with Crippen LogP contribution in [0.25, 0.3) is 0 Å². The summed E-state index contributed by atoms with van der Waals surface area (Å²) >= 11 is 0. The van der Waals surface area contributed by atoms with Crippen LogP contribution in [-0.4, -0.2) is 16.9 Å². The van der Waals surface area contributed by atoms with Crippen LogP contribution in [0.3, 0.4) is 0 Å². The van der Waals surface area contributed by atoms with Crippen LogP contribution in [-0.2, 0) is 0 Å².